The first-order valence-corrected chi connectivity index (χ1v) is 40.4. The highest BCUT2D eigenvalue weighted by Gasteiger charge is 2.26. The molecule has 97 heavy (non-hydrogen) atoms. The molecule has 2 atom stereocenters. The van der Waals surface area contributed by atoms with E-state index in [1.165, 1.54) is 128 Å². The maximum absolute atomic E-state index is 12.8. The van der Waals surface area contributed by atoms with Crippen molar-refractivity contribution in [1.82, 2.24) is 0 Å². The number of unbranched alkanes of at least 4 members (excludes halogenated alkanes) is 26. The number of carbonyl (C=O) groups excluding carboxylic acids is 2. The normalized spacial score (nSPS) is 14.0. The molecule has 548 valence electrons. The average molecular weight is 1360 g/mol. The quantitative estimate of drug-likeness (QED) is 0.0264. The molecule has 0 aliphatic rings. The van der Waals surface area contributed by atoms with Gasteiger partial charge in [0.05, 0.1) is 13.2 Å². The minimum Gasteiger partial charge on any atom is -0.462 e. The van der Waals surface area contributed by atoms with Gasteiger partial charge in [-0.15, -0.1) is 0 Å². The molecule has 0 aliphatic carbocycles. The third-order valence-electron chi connectivity index (χ3n) is 16.0. The van der Waals surface area contributed by atoms with Crippen molar-refractivity contribution in [2.24, 2.45) is 5.73 Å². The highest BCUT2D eigenvalue weighted by Crippen LogP contribution is 2.43. The maximum atomic E-state index is 12.8. The second kappa shape index (κ2) is 79.8. The fraction of sp³-hybridized carbons (Fsp3) is 0.609. The van der Waals surface area contributed by atoms with E-state index in [9.17, 15) is 19.0 Å². The molecule has 0 rings (SSSR count). The first-order valence-electron chi connectivity index (χ1n) is 38.9. The number of esters is 2. The Kier molecular flexibility index (Phi) is 75.6. The van der Waals surface area contributed by atoms with Gasteiger partial charge in [0.2, 0.25) is 0 Å². The molecule has 0 radical (unpaired) electrons. The van der Waals surface area contributed by atoms with Crippen molar-refractivity contribution in [3.8, 4) is 0 Å². The van der Waals surface area contributed by atoms with Gasteiger partial charge in [-0.3, -0.25) is 18.6 Å². The molecule has 0 aliphatic heterocycles. The van der Waals surface area contributed by atoms with Gasteiger partial charge in [0.15, 0.2) is 6.10 Å². The van der Waals surface area contributed by atoms with Crippen LogP contribution in [0.2, 0.25) is 0 Å². The zero-order valence-electron chi connectivity index (χ0n) is 61.7. The van der Waals surface area contributed by atoms with E-state index >= 15 is 0 Å². The number of ether oxygens (including phenoxy) is 2. The zero-order valence-corrected chi connectivity index (χ0v) is 62.6. The largest absolute Gasteiger partial charge is 0.472 e. The van der Waals surface area contributed by atoms with Gasteiger partial charge in [-0.1, -0.05) is 350 Å². The van der Waals surface area contributed by atoms with Crippen LogP contribution in [0.5, 0.6) is 0 Å². The predicted molar refractivity (Wildman–Crippen MR) is 422 cm³/mol. The second-order valence-electron chi connectivity index (χ2n) is 25.1. The Hall–Kier alpha value is -5.15. The summed E-state index contributed by atoms with van der Waals surface area (Å²) in [4.78, 5) is 35.5. The van der Waals surface area contributed by atoms with Gasteiger partial charge in [0.25, 0.3) is 0 Å². The van der Waals surface area contributed by atoms with Gasteiger partial charge >= 0.3 is 19.8 Å². The third kappa shape index (κ3) is 79.7. The standard InChI is InChI=1S/C87H142NO8P/c1-3-5-7-9-11-13-15-17-19-21-23-25-27-29-31-33-35-37-39-40-41-42-43-44-46-48-50-52-54-56-58-60-62-64-66-68-70-72-74-76-78-80-87(90)96-85(84-95-97(91,92)94-82-81-88)83-93-86(89)79-77-75-73-71-69-67-65-63-61-59-57-55-53-51-49-47-45-38-36-34-32-30-28-26-24-22-20-18-16-14-12-10-8-6-4-2/h5-8,11-14,17-20,23-26,29-32,35-38,40-41,43-44,48,50,54,56,85H,3-4,9-10,15-16,21-22,27-28,33-34,39,42,45-47,49,51-53,55,57-84,88H2,1-2H3,(H,91,92)/b7-5-,8-6-,13-11-,14-12-,19-17-,20-18-,25-23-,26-24-,31-29-,32-30-,37-35-,38-36-,41-40-,44-43-,50-48-,56-54-. The molecule has 0 bridgehead atoms. The van der Waals surface area contributed by atoms with Crippen molar-refractivity contribution >= 4 is 19.8 Å². The van der Waals surface area contributed by atoms with Gasteiger partial charge in [-0.25, -0.2) is 4.57 Å². The van der Waals surface area contributed by atoms with Gasteiger partial charge in [-0.05, 0) is 141 Å². The first kappa shape index (κ1) is 91.8. The van der Waals surface area contributed by atoms with Crippen LogP contribution in [0.1, 0.15) is 309 Å². The Bertz CT molecular complexity index is 2300. The predicted octanol–water partition coefficient (Wildman–Crippen LogP) is 26.4. The molecule has 0 amide bonds. The minimum absolute atomic E-state index is 0.0451. The fourth-order valence-electron chi connectivity index (χ4n) is 10.3. The molecule has 3 N–H and O–H groups in total. The molecule has 0 fully saturated rings. The Morgan fingerprint density at radius 1 is 0.309 bits per heavy atom. The van der Waals surface area contributed by atoms with Crippen LogP contribution in [0.3, 0.4) is 0 Å². The SMILES string of the molecule is CC/C=C\C/C=C\C/C=C\C/C=C\C/C=C\C/C=C\C/C=C\C/C=C\C/C=C\C/C=C\CCCCCCCCCCCCC(=O)OC(COC(=O)CCCCCCCCCCCCCCCCCC/C=C\C/C=C\C/C=C\C/C=C\C/C=C\C/C=C\CC)COP(=O)(O)OCCN. The summed E-state index contributed by atoms with van der Waals surface area (Å²) in [5.74, 6) is -0.836. The number of hydrogen-bond acceptors (Lipinski definition) is 8. The molecule has 0 heterocycles. The summed E-state index contributed by atoms with van der Waals surface area (Å²) in [7, 11) is -4.41. The third-order valence-corrected chi connectivity index (χ3v) is 17.0. The van der Waals surface area contributed by atoms with Gasteiger partial charge in [0, 0.05) is 19.4 Å². The molecular formula is C87H142NO8P. The maximum Gasteiger partial charge on any atom is 0.472 e. The highest BCUT2D eigenvalue weighted by atomic mass is 31.2. The number of carbonyl (C=O) groups is 2. The Morgan fingerprint density at radius 3 is 0.794 bits per heavy atom. The Balaban J connectivity index is 3.92. The summed E-state index contributed by atoms with van der Waals surface area (Å²) in [5.41, 5.74) is 5.41. The summed E-state index contributed by atoms with van der Waals surface area (Å²) in [6, 6.07) is 0. The molecule has 0 aromatic heterocycles. The lowest BCUT2D eigenvalue weighted by molar-refractivity contribution is -0.161. The van der Waals surface area contributed by atoms with Crippen molar-refractivity contribution in [3.63, 3.8) is 0 Å². The topological polar surface area (TPSA) is 134 Å². The van der Waals surface area contributed by atoms with E-state index in [0.717, 1.165) is 148 Å². The van der Waals surface area contributed by atoms with Crippen molar-refractivity contribution < 1.29 is 37.6 Å². The Labute approximate surface area is 596 Å². The average Bonchev–Trinajstić information content (AvgIpc) is 2.57. The van der Waals surface area contributed by atoms with Crippen LogP contribution < -0.4 is 5.73 Å². The van der Waals surface area contributed by atoms with E-state index in [0.29, 0.717) is 6.42 Å². The smallest absolute Gasteiger partial charge is 0.462 e. The van der Waals surface area contributed by atoms with Crippen LogP contribution in [0.15, 0.2) is 194 Å². The molecule has 0 aromatic rings. The number of allylic oxidation sites excluding steroid dienone is 32. The van der Waals surface area contributed by atoms with Gasteiger partial charge < -0.3 is 20.1 Å². The van der Waals surface area contributed by atoms with Crippen molar-refractivity contribution in [2.45, 2.75) is 315 Å². The number of rotatable bonds is 71. The number of nitrogens with two attached hydrogens (primary N) is 1. The van der Waals surface area contributed by atoms with E-state index in [-0.39, 0.29) is 38.6 Å². The van der Waals surface area contributed by atoms with Crippen LogP contribution in [-0.2, 0) is 32.7 Å². The molecule has 2 unspecified atom stereocenters. The summed E-state index contributed by atoms with van der Waals surface area (Å²) in [6.07, 6.45) is 121. The molecule has 0 spiro atoms. The number of hydrogen-bond donors (Lipinski definition) is 2. The molecule has 0 saturated heterocycles. The number of phosphoric ester groups is 1. The molecule has 10 heteroatoms. The minimum atomic E-state index is -4.41. The van der Waals surface area contributed by atoms with Crippen LogP contribution in [-0.4, -0.2) is 49.3 Å². The van der Waals surface area contributed by atoms with Crippen LogP contribution in [0, 0.1) is 0 Å². The molecule has 0 aromatic carbocycles. The van der Waals surface area contributed by atoms with E-state index < -0.39 is 26.5 Å². The lowest BCUT2D eigenvalue weighted by Gasteiger charge is -2.19. The first-order chi connectivity index (χ1) is 47.8. The van der Waals surface area contributed by atoms with Gasteiger partial charge in [0.1, 0.15) is 6.61 Å². The number of phosphoric acid groups is 1. The second-order valence-corrected chi connectivity index (χ2v) is 26.6. The van der Waals surface area contributed by atoms with Crippen LogP contribution in [0.4, 0.5) is 0 Å². The lowest BCUT2D eigenvalue weighted by atomic mass is 10.0. The monoisotopic (exact) mass is 1360 g/mol. The summed E-state index contributed by atoms with van der Waals surface area (Å²) in [5, 5.41) is 0. The molecule has 9 nitrogen and oxygen atoms in total. The van der Waals surface area contributed by atoms with E-state index in [1.54, 1.807) is 0 Å². The van der Waals surface area contributed by atoms with E-state index in [4.69, 9.17) is 24.3 Å². The Morgan fingerprint density at radius 2 is 0.536 bits per heavy atom. The van der Waals surface area contributed by atoms with Crippen LogP contribution in [0.25, 0.3) is 0 Å². The molecule has 0 saturated carbocycles. The van der Waals surface area contributed by atoms with Crippen molar-refractivity contribution in [1.29, 1.82) is 0 Å². The lowest BCUT2D eigenvalue weighted by Crippen LogP contribution is -2.29. The fourth-order valence-corrected chi connectivity index (χ4v) is 11.1. The summed E-state index contributed by atoms with van der Waals surface area (Å²) in [6.45, 7) is 3.52. The van der Waals surface area contributed by atoms with Gasteiger partial charge in [-0.2, -0.15) is 0 Å². The zero-order chi connectivity index (χ0) is 70.0. The summed E-state index contributed by atoms with van der Waals surface area (Å²) < 4.78 is 33.3. The molecular weight excluding hydrogens is 1220 g/mol. The highest BCUT2D eigenvalue weighted by molar-refractivity contribution is 7.47. The van der Waals surface area contributed by atoms with Crippen molar-refractivity contribution in [3.05, 3.63) is 194 Å². The van der Waals surface area contributed by atoms with E-state index in [1.807, 2.05) is 0 Å². The van der Waals surface area contributed by atoms with Crippen LogP contribution >= 0.6 is 7.82 Å². The summed E-state index contributed by atoms with van der Waals surface area (Å²) >= 11 is 0. The van der Waals surface area contributed by atoms with Crippen molar-refractivity contribution in [2.75, 3.05) is 26.4 Å². The van der Waals surface area contributed by atoms with E-state index in [2.05, 4.69) is 208 Å².